The van der Waals surface area contributed by atoms with Crippen molar-refractivity contribution < 1.29 is 9.59 Å². The maximum Gasteiger partial charge on any atom is 0.269 e. The van der Waals surface area contributed by atoms with Crippen molar-refractivity contribution in [3.63, 3.8) is 0 Å². The summed E-state index contributed by atoms with van der Waals surface area (Å²) in [4.78, 5) is 28.4. The van der Waals surface area contributed by atoms with E-state index in [1.807, 2.05) is 69.3 Å². The lowest BCUT2D eigenvalue weighted by Crippen LogP contribution is -2.31. The molecule has 1 heterocycles. The molecule has 1 unspecified atom stereocenters. The molecular weight excluding hydrogens is 478 g/mol. The minimum atomic E-state index is -0.543. The maximum atomic E-state index is 13.6. The van der Waals surface area contributed by atoms with E-state index in [4.69, 9.17) is 11.6 Å². The molecule has 0 aliphatic carbocycles. The fraction of sp³-hybridized carbons (Fsp3) is 0.179. The Morgan fingerprint density at radius 2 is 1.74 bits per heavy atom. The van der Waals surface area contributed by atoms with Crippen molar-refractivity contribution in [1.29, 1.82) is 5.26 Å². The van der Waals surface area contributed by atoms with Gasteiger partial charge in [0.25, 0.3) is 5.91 Å². The lowest BCUT2D eigenvalue weighted by atomic mass is 10.1. The van der Waals surface area contributed by atoms with Crippen LogP contribution in [0.15, 0.2) is 77.3 Å². The first-order valence-corrected chi connectivity index (χ1v) is 12.4. The monoisotopic (exact) mass is 501 g/mol. The molecular formula is C28H24ClN3O2S. The molecule has 1 saturated heterocycles. The Bertz CT molecular complexity index is 1380. The van der Waals surface area contributed by atoms with Crippen LogP contribution >= 0.6 is 23.4 Å². The topological polar surface area (TPSA) is 73.2 Å². The van der Waals surface area contributed by atoms with E-state index in [9.17, 15) is 14.9 Å². The zero-order chi connectivity index (χ0) is 25.1. The Balaban J connectivity index is 1.75. The van der Waals surface area contributed by atoms with Gasteiger partial charge in [-0.25, -0.2) is 0 Å². The van der Waals surface area contributed by atoms with Crippen LogP contribution in [0.25, 0.3) is 0 Å². The Morgan fingerprint density at radius 3 is 2.40 bits per heavy atom. The Morgan fingerprint density at radius 1 is 1.03 bits per heavy atom. The van der Waals surface area contributed by atoms with E-state index in [2.05, 4.69) is 11.4 Å². The largest absolute Gasteiger partial charge is 0.321 e. The number of nitrogens with one attached hydrogen (secondary N) is 1. The van der Waals surface area contributed by atoms with Crippen molar-refractivity contribution >= 4 is 46.6 Å². The molecule has 1 atom stereocenters. The quantitative estimate of drug-likeness (QED) is 0.327. The third-order valence-electron chi connectivity index (χ3n) is 5.98. The van der Waals surface area contributed by atoms with Crippen LogP contribution in [-0.4, -0.2) is 17.1 Å². The number of hydrogen-bond acceptors (Lipinski definition) is 4. The van der Waals surface area contributed by atoms with E-state index in [1.165, 1.54) is 16.7 Å². The standard InChI is InChI=1S/C28H24ClN3O2S/c1-17-8-13-22(14-19(17)3)32-27(34)25(15-20-9-11-21(29)12-10-20)35-28(32)23(16-30)26(33)31-24-7-5-4-6-18(24)2/h4-14,25H,15H2,1-3H3,(H,31,33)/b28-23-. The van der Waals surface area contributed by atoms with E-state index < -0.39 is 11.2 Å². The molecule has 1 N–H and O–H groups in total. The molecule has 35 heavy (non-hydrogen) atoms. The van der Waals surface area contributed by atoms with E-state index in [0.29, 0.717) is 27.8 Å². The van der Waals surface area contributed by atoms with Gasteiger partial charge in [0, 0.05) is 16.4 Å². The van der Waals surface area contributed by atoms with Crippen molar-refractivity contribution in [3.05, 3.63) is 105 Å². The molecule has 0 saturated carbocycles. The number of carbonyl (C=O) groups excluding carboxylic acids is 2. The van der Waals surface area contributed by atoms with E-state index in [1.54, 1.807) is 18.2 Å². The predicted octanol–water partition coefficient (Wildman–Crippen LogP) is 6.33. The second-order valence-electron chi connectivity index (χ2n) is 8.44. The number of halogens is 1. The lowest BCUT2D eigenvalue weighted by Gasteiger charge is -2.20. The highest BCUT2D eigenvalue weighted by Crippen LogP contribution is 2.42. The average Bonchev–Trinajstić information content (AvgIpc) is 3.14. The molecule has 3 aromatic carbocycles. The van der Waals surface area contributed by atoms with Crippen molar-refractivity contribution in [3.8, 4) is 6.07 Å². The molecule has 1 fully saturated rings. The predicted molar refractivity (Wildman–Crippen MR) is 142 cm³/mol. The van der Waals surface area contributed by atoms with Crippen molar-refractivity contribution in [2.24, 2.45) is 0 Å². The normalized spacial score (nSPS) is 16.7. The molecule has 0 radical (unpaired) electrons. The summed E-state index contributed by atoms with van der Waals surface area (Å²) in [5.74, 6) is -0.710. The van der Waals surface area contributed by atoms with Crippen LogP contribution in [0.1, 0.15) is 22.3 Å². The number of aryl methyl sites for hydroxylation is 3. The molecule has 3 aromatic rings. The molecule has 0 spiro atoms. The fourth-order valence-electron chi connectivity index (χ4n) is 3.82. The molecule has 0 bridgehead atoms. The smallest absolute Gasteiger partial charge is 0.269 e. The van der Waals surface area contributed by atoms with Gasteiger partial charge in [0.05, 0.1) is 5.25 Å². The van der Waals surface area contributed by atoms with Gasteiger partial charge < -0.3 is 5.32 Å². The van der Waals surface area contributed by atoms with Gasteiger partial charge in [0.1, 0.15) is 16.7 Å². The highest BCUT2D eigenvalue weighted by Gasteiger charge is 2.41. The summed E-state index contributed by atoms with van der Waals surface area (Å²) in [7, 11) is 0. The molecule has 4 rings (SSSR count). The van der Waals surface area contributed by atoms with Crippen LogP contribution in [0, 0.1) is 32.1 Å². The van der Waals surface area contributed by atoms with Gasteiger partial charge in [-0.2, -0.15) is 5.26 Å². The number of nitrogens with zero attached hydrogens (tertiary/aromatic N) is 2. The SMILES string of the molecule is Cc1ccc(N2C(=O)C(Cc3ccc(Cl)cc3)S/C2=C(/C#N)C(=O)Nc2ccccc2C)cc1C. The zero-order valence-electron chi connectivity index (χ0n) is 19.6. The summed E-state index contributed by atoms with van der Waals surface area (Å²) in [6.07, 6.45) is 0.448. The minimum Gasteiger partial charge on any atom is -0.321 e. The van der Waals surface area contributed by atoms with Gasteiger partial charge in [-0.1, -0.05) is 59.8 Å². The number of anilines is 2. The highest BCUT2D eigenvalue weighted by molar-refractivity contribution is 8.05. The van der Waals surface area contributed by atoms with Gasteiger partial charge in [-0.05, 0) is 79.8 Å². The van der Waals surface area contributed by atoms with Crippen molar-refractivity contribution in [2.75, 3.05) is 10.2 Å². The van der Waals surface area contributed by atoms with Crippen LogP contribution < -0.4 is 10.2 Å². The van der Waals surface area contributed by atoms with E-state index >= 15 is 0 Å². The Kier molecular flexibility index (Phi) is 7.30. The number of rotatable bonds is 5. The fourth-order valence-corrected chi connectivity index (χ4v) is 5.25. The summed E-state index contributed by atoms with van der Waals surface area (Å²) in [5, 5.41) is 13.3. The van der Waals surface area contributed by atoms with E-state index in [-0.39, 0.29) is 11.5 Å². The molecule has 1 aliphatic rings. The van der Waals surface area contributed by atoms with Crippen molar-refractivity contribution in [2.45, 2.75) is 32.4 Å². The minimum absolute atomic E-state index is 0.0940. The summed E-state index contributed by atoms with van der Waals surface area (Å²) in [6, 6.07) is 22.5. The van der Waals surface area contributed by atoms with Crippen LogP contribution in [0.5, 0.6) is 0 Å². The van der Waals surface area contributed by atoms with E-state index in [0.717, 1.165) is 22.3 Å². The molecule has 176 valence electrons. The second kappa shape index (κ2) is 10.4. The number of benzene rings is 3. The second-order valence-corrected chi connectivity index (χ2v) is 10.1. The highest BCUT2D eigenvalue weighted by atomic mass is 35.5. The van der Waals surface area contributed by atoms with Crippen molar-refractivity contribution in [1.82, 2.24) is 0 Å². The van der Waals surface area contributed by atoms with Crippen LogP contribution in [0.4, 0.5) is 11.4 Å². The summed E-state index contributed by atoms with van der Waals surface area (Å²) in [6.45, 7) is 5.85. The third-order valence-corrected chi connectivity index (χ3v) is 7.50. The van der Waals surface area contributed by atoms with Crippen LogP contribution in [0.3, 0.4) is 0 Å². The molecule has 0 aromatic heterocycles. The molecule has 7 heteroatoms. The number of nitriles is 1. The summed E-state index contributed by atoms with van der Waals surface area (Å²) >= 11 is 7.26. The Hall–Kier alpha value is -3.53. The number of hydrogen-bond donors (Lipinski definition) is 1. The third kappa shape index (κ3) is 5.27. The lowest BCUT2D eigenvalue weighted by molar-refractivity contribution is -0.117. The first-order valence-electron chi connectivity index (χ1n) is 11.1. The zero-order valence-corrected chi connectivity index (χ0v) is 21.2. The number of carbonyl (C=O) groups is 2. The number of thioether (sulfide) groups is 1. The van der Waals surface area contributed by atoms with Gasteiger partial charge >= 0.3 is 0 Å². The molecule has 2 amide bonds. The number of amides is 2. The first-order chi connectivity index (χ1) is 16.8. The van der Waals surface area contributed by atoms with Crippen LogP contribution in [-0.2, 0) is 16.0 Å². The van der Waals surface area contributed by atoms with Gasteiger partial charge in [0.15, 0.2) is 0 Å². The number of para-hydroxylation sites is 1. The maximum absolute atomic E-state index is 13.6. The van der Waals surface area contributed by atoms with Gasteiger partial charge in [0.2, 0.25) is 5.91 Å². The summed E-state index contributed by atoms with van der Waals surface area (Å²) < 4.78 is 0. The summed E-state index contributed by atoms with van der Waals surface area (Å²) in [5.41, 5.74) is 5.10. The first kappa shape index (κ1) is 24.6. The van der Waals surface area contributed by atoms with Gasteiger partial charge in [-0.15, -0.1) is 0 Å². The van der Waals surface area contributed by atoms with Gasteiger partial charge in [-0.3, -0.25) is 14.5 Å². The average molecular weight is 502 g/mol. The molecule has 5 nitrogen and oxygen atoms in total. The van der Waals surface area contributed by atoms with Crippen LogP contribution in [0.2, 0.25) is 5.02 Å². The Labute approximate surface area is 214 Å². The molecule has 1 aliphatic heterocycles.